The lowest BCUT2D eigenvalue weighted by atomic mass is 10.7. The Balaban J connectivity index is 0.000000371. The molecule has 0 radical (unpaired) electrons. The molecular weight excluding hydrogens is 128 g/mol. The highest BCUT2D eigenvalue weighted by molar-refractivity contribution is 4.77. The Hall–Kier alpha value is -0.830. The third kappa shape index (κ3) is 3.25. The van der Waals surface area contributed by atoms with Gasteiger partial charge in [0.1, 0.15) is 0 Å². The lowest BCUT2D eigenvalue weighted by molar-refractivity contribution is 0.269. The number of rotatable bonds is 2. The maximum Gasteiger partial charge on any atom is 0.0640 e. The third-order valence-corrected chi connectivity index (χ3v) is 0.888. The molecule has 1 aromatic rings. The molecule has 0 aromatic carbocycles. The molecule has 3 heteroatoms. The van der Waals surface area contributed by atoms with Crippen LogP contribution in [0.15, 0.2) is 18.5 Å². The molecule has 0 spiro atoms. The maximum absolute atomic E-state index is 8.38. The molecule has 0 aliphatic carbocycles. The maximum atomic E-state index is 8.38. The summed E-state index contributed by atoms with van der Waals surface area (Å²) in [7, 11) is 0. The van der Waals surface area contributed by atoms with Crippen LogP contribution in [-0.2, 0) is 6.54 Å². The summed E-state index contributed by atoms with van der Waals surface area (Å²) in [4.78, 5) is 0. The zero-order valence-electron chi connectivity index (χ0n) is 6.49. The molecule has 0 saturated carbocycles. The zero-order valence-corrected chi connectivity index (χ0v) is 6.49. The summed E-state index contributed by atoms with van der Waals surface area (Å²) >= 11 is 0. The van der Waals surface area contributed by atoms with E-state index in [0.29, 0.717) is 6.54 Å². The zero-order chi connectivity index (χ0) is 7.82. The summed E-state index contributed by atoms with van der Waals surface area (Å²) in [5, 5.41) is 12.2. The van der Waals surface area contributed by atoms with Gasteiger partial charge in [-0.1, -0.05) is 13.8 Å². The molecule has 3 nitrogen and oxygen atoms in total. The van der Waals surface area contributed by atoms with E-state index >= 15 is 0 Å². The first-order chi connectivity index (χ1) is 4.93. The van der Waals surface area contributed by atoms with E-state index in [4.69, 9.17) is 5.11 Å². The summed E-state index contributed by atoms with van der Waals surface area (Å²) < 4.78 is 1.68. The van der Waals surface area contributed by atoms with Crippen molar-refractivity contribution in [2.24, 2.45) is 0 Å². The second kappa shape index (κ2) is 6.29. The smallest absolute Gasteiger partial charge is 0.0640 e. The molecule has 0 aliphatic rings. The minimum absolute atomic E-state index is 0.154. The number of hydrogen-bond donors (Lipinski definition) is 1. The summed E-state index contributed by atoms with van der Waals surface area (Å²) in [5.74, 6) is 0. The van der Waals surface area contributed by atoms with Gasteiger partial charge in [0.05, 0.1) is 13.2 Å². The van der Waals surface area contributed by atoms with E-state index in [1.165, 1.54) is 0 Å². The average Bonchev–Trinajstić information content (AvgIpc) is 2.46. The van der Waals surface area contributed by atoms with Crippen LogP contribution in [0.5, 0.6) is 0 Å². The standard InChI is InChI=1S/C5H8N2O.C2H6/c8-5-4-7-3-1-2-6-7;1-2/h1-3,8H,4-5H2;1-2H3. The molecule has 1 heterocycles. The van der Waals surface area contributed by atoms with Crippen molar-refractivity contribution in [1.82, 2.24) is 9.78 Å². The molecule has 0 bridgehead atoms. The van der Waals surface area contributed by atoms with Crippen molar-refractivity contribution >= 4 is 0 Å². The van der Waals surface area contributed by atoms with Crippen LogP contribution >= 0.6 is 0 Å². The van der Waals surface area contributed by atoms with Crippen molar-refractivity contribution in [3.05, 3.63) is 18.5 Å². The molecule has 0 aliphatic heterocycles. The summed E-state index contributed by atoms with van der Waals surface area (Å²) in [6.07, 6.45) is 3.51. The van der Waals surface area contributed by atoms with Gasteiger partial charge in [-0.15, -0.1) is 0 Å². The van der Waals surface area contributed by atoms with E-state index < -0.39 is 0 Å². The Kier molecular flexibility index (Phi) is 5.77. The van der Waals surface area contributed by atoms with Crippen LogP contribution in [0.25, 0.3) is 0 Å². The van der Waals surface area contributed by atoms with Gasteiger partial charge in [0.25, 0.3) is 0 Å². The van der Waals surface area contributed by atoms with E-state index in [1.54, 1.807) is 10.9 Å². The Morgan fingerprint density at radius 1 is 1.50 bits per heavy atom. The number of aliphatic hydroxyl groups is 1. The van der Waals surface area contributed by atoms with Crippen LogP contribution in [0.4, 0.5) is 0 Å². The van der Waals surface area contributed by atoms with Gasteiger partial charge in [-0.2, -0.15) is 5.10 Å². The summed E-state index contributed by atoms with van der Waals surface area (Å²) in [5.41, 5.74) is 0. The van der Waals surface area contributed by atoms with Crippen molar-refractivity contribution in [1.29, 1.82) is 0 Å². The lowest BCUT2D eigenvalue weighted by Gasteiger charge is -1.92. The van der Waals surface area contributed by atoms with Crippen LogP contribution < -0.4 is 0 Å². The van der Waals surface area contributed by atoms with Gasteiger partial charge in [-0.05, 0) is 6.07 Å². The van der Waals surface area contributed by atoms with Crippen LogP contribution in [-0.4, -0.2) is 21.5 Å². The van der Waals surface area contributed by atoms with Gasteiger partial charge in [0.15, 0.2) is 0 Å². The van der Waals surface area contributed by atoms with Crippen LogP contribution in [0.2, 0.25) is 0 Å². The minimum Gasteiger partial charge on any atom is -0.394 e. The summed E-state index contributed by atoms with van der Waals surface area (Å²) in [6.45, 7) is 4.74. The fourth-order valence-electron chi connectivity index (χ4n) is 0.535. The van der Waals surface area contributed by atoms with Crippen LogP contribution in [0, 0.1) is 0 Å². The van der Waals surface area contributed by atoms with Crippen molar-refractivity contribution < 1.29 is 5.11 Å². The second-order valence-electron chi connectivity index (χ2n) is 1.49. The molecular formula is C7H14N2O. The lowest BCUT2D eigenvalue weighted by Crippen LogP contribution is -2.01. The molecule has 58 valence electrons. The monoisotopic (exact) mass is 142 g/mol. The van der Waals surface area contributed by atoms with Gasteiger partial charge in [0.2, 0.25) is 0 Å². The number of aliphatic hydroxyl groups excluding tert-OH is 1. The molecule has 0 atom stereocenters. The molecule has 1 aromatic heterocycles. The molecule has 0 unspecified atom stereocenters. The van der Waals surface area contributed by atoms with Crippen molar-refractivity contribution in [3.63, 3.8) is 0 Å². The van der Waals surface area contributed by atoms with E-state index in [1.807, 2.05) is 26.1 Å². The van der Waals surface area contributed by atoms with E-state index in [9.17, 15) is 0 Å². The Morgan fingerprint density at radius 3 is 2.60 bits per heavy atom. The van der Waals surface area contributed by atoms with Gasteiger partial charge in [-0.25, -0.2) is 0 Å². The fraction of sp³-hybridized carbons (Fsp3) is 0.571. The molecule has 1 rings (SSSR count). The molecule has 0 amide bonds. The number of hydrogen-bond acceptors (Lipinski definition) is 2. The van der Waals surface area contributed by atoms with Gasteiger partial charge in [-0.3, -0.25) is 4.68 Å². The van der Waals surface area contributed by atoms with E-state index in [0.717, 1.165) is 0 Å². The molecule has 0 saturated heterocycles. The van der Waals surface area contributed by atoms with Crippen LogP contribution in [0.3, 0.4) is 0 Å². The SMILES string of the molecule is CC.OCCn1cccn1. The third-order valence-electron chi connectivity index (χ3n) is 0.888. The van der Waals surface area contributed by atoms with E-state index in [-0.39, 0.29) is 6.61 Å². The predicted octanol–water partition coefficient (Wildman–Crippen LogP) is 0.902. The van der Waals surface area contributed by atoms with Crippen LogP contribution in [0.1, 0.15) is 13.8 Å². The normalized spacial score (nSPS) is 8.30. The highest BCUT2D eigenvalue weighted by atomic mass is 16.3. The Labute approximate surface area is 61.3 Å². The average molecular weight is 142 g/mol. The predicted molar refractivity (Wildman–Crippen MR) is 40.7 cm³/mol. The van der Waals surface area contributed by atoms with Crippen molar-refractivity contribution in [2.75, 3.05) is 6.61 Å². The first-order valence-corrected chi connectivity index (χ1v) is 3.52. The number of nitrogens with zero attached hydrogens (tertiary/aromatic N) is 2. The Morgan fingerprint density at radius 2 is 2.20 bits per heavy atom. The first kappa shape index (κ1) is 9.17. The van der Waals surface area contributed by atoms with Crippen molar-refractivity contribution in [3.8, 4) is 0 Å². The van der Waals surface area contributed by atoms with Gasteiger partial charge in [0, 0.05) is 12.4 Å². The second-order valence-corrected chi connectivity index (χ2v) is 1.49. The topological polar surface area (TPSA) is 38.0 Å². The quantitative estimate of drug-likeness (QED) is 0.666. The van der Waals surface area contributed by atoms with Gasteiger partial charge < -0.3 is 5.11 Å². The first-order valence-electron chi connectivity index (χ1n) is 3.52. The van der Waals surface area contributed by atoms with Gasteiger partial charge >= 0.3 is 0 Å². The molecule has 1 N–H and O–H groups in total. The van der Waals surface area contributed by atoms with Crippen molar-refractivity contribution in [2.45, 2.75) is 20.4 Å². The Bertz CT molecular complexity index is 137. The summed E-state index contributed by atoms with van der Waals surface area (Å²) in [6, 6.07) is 1.83. The fourth-order valence-corrected chi connectivity index (χ4v) is 0.535. The number of aromatic nitrogens is 2. The largest absolute Gasteiger partial charge is 0.394 e. The molecule has 10 heavy (non-hydrogen) atoms. The minimum atomic E-state index is 0.154. The highest BCUT2D eigenvalue weighted by Crippen LogP contribution is 1.80. The molecule has 0 fully saturated rings. The highest BCUT2D eigenvalue weighted by Gasteiger charge is 1.83. The van der Waals surface area contributed by atoms with E-state index in [2.05, 4.69) is 5.10 Å².